The van der Waals surface area contributed by atoms with E-state index in [9.17, 15) is 0 Å². The Bertz CT molecular complexity index is 380. The van der Waals surface area contributed by atoms with E-state index < -0.39 is 0 Å². The minimum absolute atomic E-state index is 0.00694. The molecular weight excluding hydrogens is 424 g/mol. The Morgan fingerprint density at radius 1 is 0.593 bits per heavy atom. The van der Waals surface area contributed by atoms with E-state index in [1.54, 1.807) is 0 Å². The standard InChI is InChI=1S/C19H34N5.2ClH.Mn/c1-15-14-24-19-9-5-4-8-18(19)23-13-12-22-17-7-3-2-6-16(17)21-11-10-20-15;;;/h15-19H,2-14H2,1H3;2*1H;/q-5;;;+2/p-2/t15-,16?,17?,18-,19-;;;/m1.../s1. The van der Waals surface area contributed by atoms with Gasteiger partial charge >= 0.3 is 33.3 Å². The SMILES string of the molecule is C[C@@H]1C[N-][C@@H]2CCCC[C@H]2[N-]CC[N-]C2CCCCC2[N-]CC[N-]1.[Cl][Mn][Cl]. The molecule has 5 atom stereocenters. The van der Waals surface area contributed by atoms with E-state index in [1.807, 2.05) is 0 Å². The molecule has 3 aliphatic rings. The van der Waals surface area contributed by atoms with Crippen LogP contribution < -0.4 is 0 Å². The van der Waals surface area contributed by atoms with Crippen molar-refractivity contribution in [1.29, 1.82) is 0 Å². The Hall–Kier alpha value is 0.899. The van der Waals surface area contributed by atoms with Gasteiger partial charge in [0, 0.05) is 0 Å². The van der Waals surface area contributed by atoms with Gasteiger partial charge in [-0.25, -0.2) is 0 Å². The molecular formula is C19H34Cl2MnN5-5. The van der Waals surface area contributed by atoms with Crippen LogP contribution in [0.15, 0.2) is 0 Å². The third kappa shape index (κ3) is 9.50. The van der Waals surface area contributed by atoms with Gasteiger partial charge in [-0.1, -0.05) is 58.3 Å². The van der Waals surface area contributed by atoms with Crippen LogP contribution in [0, 0.1) is 0 Å². The van der Waals surface area contributed by atoms with Crippen LogP contribution in [0.4, 0.5) is 0 Å². The second-order valence-electron chi connectivity index (χ2n) is 7.73. The van der Waals surface area contributed by atoms with E-state index in [1.165, 1.54) is 51.4 Å². The van der Waals surface area contributed by atoms with Gasteiger partial charge in [0.2, 0.25) is 0 Å². The van der Waals surface area contributed by atoms with Crippen molar-refractivity contribution < 1.29 is 13.1 Å². The van der Waals surface area contributed by atoms with Crippen LogP contribution in [0.5, 0.6) is 0 Å². The summed E-state index contributed by atoms with van der Waals surface area (Å²) in [4.78, 5) is 0. The molecule has 0 amide bonds. The van der Waals surface area contributed by atoms with Gasteiger partial charge in [0.25, 0.3) is 0 Å². The normalized spacial score (nSPS) is 36.8. The number of hydrogen-bond acceptors (Lipinski definition) is 0. The third-order valence-corrected chi connectivity index (χ3v) is 5.72. The molecule has 0 radical (unpaired) electrons. The Morgan fingerprint density at radius 3 is 1.33 bits per heavy atom. The molecule has 0 aromatic heterocycles. The molecule has 2 unspecified atom stereocenters. The molecule has 161 valence electrons. The molecule has 0 aromatic carbocycles. The Kier molecular flexibility index (Phi) is 13.3. The average molecular weight is 458 g/mol. The van der Waals surface area contributed by atoms with E-state index >= 15 is 0 Å². The summed E-state index contributed by atoms with van der Waals surface area (Å²) in [6.07, 6.45) is 10.1. The van der Waals surface area contributed by atoms with Crippen LogP contribution in [0.1, 0.15) is 58.3 Å². The number of hydrogen-bond donors (Lipinski definition) is 0. The monoisotopic (exact) mass is 457 g/mol. The molecule has 0 aromatic rings. The third-order valence-electron chi connectivity index (χ3n) is 5.72. The van der Waals surface area contributed by atoms with Crippen molar-refractivity contribution in [2.45, 2.75) is 88.5 Å². The summed E-state index contributed by atoms with van der Waals surface area (Å²) in [5, 5.41) is 24.6. The first-order valence-corrected chi connectivity index (χ1v) is 13.7. The molecule has 0 bridgehead atoms. The number of halogens is 2. The van der Waals surface area contributed by atoms with Gasteiger partial charge in [0.15, 0.2) is 0 Å². The van der Waals surface area contributed by atoms with Gasteiger partial charge in [-0.15, -0.1) is 0 Å². The molecule has 0 spiro atoms. The van der Waals surface area contributed by atoms with Gasteiger partial charge in [0.05, 0.1) is 0 Å². The zero-order valence-corrected chi connectivity index (χ0v) is 19.1. The van der Waals surface area contributed by atoms with Crippen molar-refractivity contribution in [3.8, 4) is 0 Å². The molecule has 3 fully saturated rings. The zero-order chi connectivity index (χ0) is 19.3. The number of rotatable bonds is 0. The van der Waals surface area contributed by atoms with Crippen molar-refractivity contribution in [1.82, 2.24) is 0 Å². The minimum atomic E-state index is 0.00694. The number of nitrogens with zero attached hydrogens (tertiary/aromatic N) is 5. The van der Waals surface area contributed by atoms with E-state index in [2.05, 4.69) is 6.92 Å². The maximum absolute atomic E-state index is 4.97. The molecule has 27 heavy (non-hydrogen) atoms. The molecule has 1 saturated heterocycles. The van der Waals surface area contributed by atoms with E-state index in [0.29, 0.717) is 30.2 Å². The van der Waals surface area contributed by atoms with Gasteiger partial charge in [-0.05, 0) is 0 Å². The van der Waals surface area contributed by atoms with Gasteiger partial charge in [-0.3, -0.25) is 0 Å². The summed E-state index contributed by atoms with van der Waals surface area (Å²) in [5.41, 5.74) is 0. The summed E-state index contributed by atoms with van der Waals surface area (Å²) < 4.78 is 0. The summed E-state index contributed by atoms with van der Waals surface area (Å²) in [5.74, 6) is 0. The van der Waals surface area contributed by atoms with Crippen LogP contribution >= 0.6 is 20.2 Å². The predicted octanol–water partition coefficient (Wildman–Crippen LogP) is 6.26. The number of fused-ring (bicyclic) bond motifs is 2. The summed E-state index contributed by atoms with van der Waals surface area (Å²) >= 11 is 0.00694. The van der Waals surface area contributed by atoms with Crippen molar-refractivity contribution in [2.75, 3.05) is 32.7 Å². The van der Waals surface area contributed by atoms with E-state index in [4.69, 9.17) is 46.8 Å². The molecule has 2 aliphatic carbocycles. The molecule has 2 saturated carbocycles. The Morgan fingerprint density at radius 2 is 0.926 bits per heavy atom. The molecule has 3 rings (SSSR count). The molecule has 1 heterocycles. The quantitative estimate of drug-likeness (QED) is 0.385. The van der Waals surface area contributed by atoms with E-state index in [0.717, 1.165) is 32.7 Å². The van der Waals surface area contributed by atoms with Crippen LogP contribution in [0.3, 0.4) is 0 Å². The fraction of sp³-hybridized carbons (Fsp3) is 1.00. The molecule has 8 heteroatoms. The Balaban J connectivity index is 0.000000817. The van der Waals surface area contributed by atoms with Crippen LogP contribution in [-0.4, -0.2) is 62.9 Å². The first kappa shape index (κ1) is 24.2. The van der Waals surface area contributed by atoms with Crippen LogP contribution in [0.25, 0.3) is 26.6 Å². The molecule has 1 aliphatic heterocycles. The first-order valence-electron chi connectivity index (χ1n) is 10.4. The summed E-state index contributed by atoms with van der Waals surface area (Å²) in [6.45, 7) is 6.50. The molecule has 5 nitrogen and oxygen atoms in total. The van der Waals surface area contributed by atoms with Crippen LogP contribution in [-0.2, 0) is 13.1 Å². The summed E-state index contributed by atoms with van der Waals surface area (Å²) in [7, 11) is 9.59. The second-order valence-corrected chi connectivity index (χ2v) is 9.68. The van der Waals surface area contributed by atoms with Crippen molar-refractivity contribution in [2.24, 2.45) is 0 Å². The fourth-order valence-electron chi connectivity index (χ4n) is 4.33. The first-order chi connectivity index (χ1) is 13.2. The molecule has 0 N–H and O–H groups in total. The predicted molar refractivity (Wildman–Crippen MR) is 114 cm³/mol. The fourth-order valence-corrected chi connectivity index (χ4v) is 4.33. The van der Waals surface area contributed by atoms with Crippen molar-refractivity contribution in [3.05, 3.63) is 26.6 Å². The second kappa shape index (κ2) is 14.8. The van der Waals surface area contributed by atoms with E-state index in [-0.39, 0.29) is 13.1 Å². The van der Waals surface area contributed by atoms with Gasteiger partial charge in [-0.2, -0.15) is 62.9 Å². The van der Waals surface area contributed by atoms with Gasteiger partial charge < -0.3 is 26.6 Å². The maximum atomic E-state index is 4.97. The topological polar surface area (TPSA) is 70.5 Å². The zero-order valence-electron chi connectivity index (χ0n) is 16.4. The summed E-state index contributed by atoms with van der Waals surface area (Å²) in [6, 6.07) is 2.04. The van der Waals surface area contributed by atoms with Crippen molar-refractivity contribution in [3.63, 3.8) is 0 Å². The Labute approximate surface area is 180 Å². The van der Waals surface area contributed by atoms with Gasteiger partial charge in [0.1, 0.15) is 0 Å². The van der Waals surface area contributed by atoms with Crippen molar-refractivity contribution >= 4 is 20.2 Å². The van der Waals surface area contributed by atoms with Crippen LogP contribution in [0.2, 0.25) is 0 Å². The average Bonchev–Trinajstić information content (AvgIpc) is 2.69.